The molecule has 0 radical (unpaired) electrons. The van der Waals surface area contributed by atoms with Gasteiger partial charge in [0.2, 0.25) is 5.89 Å². The minimum Gasteiger partial charge on any atom is -0.352 e. The Bertz CT molecular complexity index is 735. The van der Waals surface area contributed by atoms with E-state index in [0.717, 1.165) is 13.1 Å². The van der Waals surface area contributed by atoms with Crippen LogP contribution in [-0.4, -0.2) is 42.1 Å². The maximum absolute atomic E-state index is 12.2. The molecule has 1 aliphatic rings. The molecule has 0 aliphatic carbocycles. The Morgan fingerprint density at radius 3 is 2.76 bits per heavy atom. The van der Waals surface area contributed by atoms with Gasteiger partial charge in [-0.25, -0.2) is 0 Å². The summed E-state index contributed by atoms with van der Waals surface area (Å²) < 4.78 is 4.93. The quantitative estimate of drug-likeness (QED) is 0.742. The highest BCUT2D eigenvalue weighted by atomic mass is 16.5. The van der Waals surface area contributed by atoms with Crippen molar-refractivity contribution in [3.63, 3.8) is 0 Å². The van der Waals surface area contributed by atoms with Crippen LogP contribution in [0.1, 0.15) is 51.2 Å². The summed E-state index contributed by atoms with van der Waals surface area (Å²) in [5, 5.41) is 12.0. The summed E-state index contributed by atoms with van der Waals surface area (Å²) in [5.74, 6) is -0.0384. The van der Waals surface area contributed by atoms with E-state index in [4.69, 9.17) is 4.52 Å². The molecule has 1 fully saturated rings. The van der Waals surface area contributed by atoms with E-state index in [-0.39, 0.29) is 24.2 Å². The third kappa shape index (κ3) is 4.21. The van der Waals surface area contributed by atoms with Crippen molar-refractivity contribution in [2.24, 2.45) is 0 Å². The second kappa shape index (κ2) is 7.89. The first-order valence-corrected chi connectivity index (χ1v) is 8.31. The molecule has 1 aliphatic heterocycles. The van der Waals surface area contributed by atoms with Gasteiger partial charge in [-0.1, -0.05) is 17.3 Å². The summed E-state index contributed by atoms with van der Waals surface area (Å²) in [6.45, 7) is 2.13. The Morgan fingerprint density at radius 1 is 1.28 bits per heavy atom. The van der Waals surface area contributed by atoms with E-state index in [1.54, 1.807) is 0 Å². The van der Waals surface area contributed by atoms with Gasteiger partial charge in [0, 0.05) is 19.2 Å². The number of benzene rings is 1. The van der Waals surface area contributed by atoms with E-state index in [1.165, 1.54) is 25.5 Å². The topological polar surface area (TPSA) is 109 Å². The molecule has 2 aromatic rings. The predicted molar refractivity (Wildman–Crippen MR) is 90.1 cm³/mol. The fourth-order valence-electron chi connectivity index (χ4n) is 2.83. The van der Waals surface area contributed by atoms with Gasteiger partial charge in [-0.15, -0.1) is 0 Å². The van der Waals surface area contributed by atoms with Crippen LogP contribution in [0.2, 0.25) is 0 Å². The number of carbonyl (C=O) groups is 2. The number of hydrogen-bond donors (Lipinski definition) is 3. The van der Waals surface area contributed by atoms with E-state index < -0.39 is 5.91 Å². The first-order chi connectivity index (χ1) is 12.2. The SMILES string of the molecule is CNC(=O)c1noc(CNC(=O)c2ccc([C@H]3CCCNC3)cc2)n1. The Hall–Kier alpha value is -2.74. The number of nitrogens with zero attached hydrogens (tertiary/aromatic N) is 2. The van der Waals surface area contributed by atoms with Crippen molar-refractivity contribution < 1.29 is 14.1 Å². The molecule has 1 aromatic heterocycles. The zero-order chi connectivity index (χ0) is 17.6. The standard InChI is InChI=1S/C17H21N5O3/c1-18-17(24)15-21-14(25-22-15)10-20-16(23)12-6-4-11(5-7-12)13-3-2-8-19-9-13/h4-7,13,19H,2-3,8-10H2,1H3,(H,18,24)(H,20,23)/t13-/m0/s1. The molecule has 2 amide bonds. The van der Waals surface area contributed by atoms with E-state index in [0.29, 0.717) is 11.5 Å². The second-order valence-corrected chi connectivity index (χ2v) is 5.94. The lowest BCUT2D eigenvalue weighted by Gasteiger charge is -2.23. The summed E-state index contributed by atoms with van der Waals surface area (Å²) in [7, 11) is 1.48. The monoisotopic (exact) mass is 343 g/mol. The summed E-state index contributed by atoms with van der Waals surface area (Å²) in [6, 6.07) is 7.65. The normalized spacial score (nSPS) is 17.1. The van der Waals surface area contributed by atoms with Gasteiger partial charge in [0.25, 0.3) is 17.6 Å². The van der Waals surface area contributed by atoms with E-state index >= 15 is 0 Å². The van der Waals surface area contributed by atoms with Gasteiger partial charge in [0.15, 0.2) is 0 Å². The molecule has 8 nitrogen and oxygen atoms in total. The lowest BCUT2D eigenvalue weighted by molar-refractivity contribution is 0.0938. The highest BCUT2D eigenvalue weighted by Crippen LogP contribution is 2.23. The minimum atomic E-state index is -0.436. The van der Waals surface area contributed by atoms with Gasteiger partial charge in [0.05, 0.1) is 6.54 Å². The zero-order valence-corrected chi connectivity index (χ0v) is 14.0. The Morgan fingerprint density at radius 2 is 2.08 bits per heavy atom. The maximum Gasteiger partial charge on any atom is 0.292 e. The minimum absolute atomic E-state index is 0.0582. The molecule has 0 unspecified atom stereocenters. The molecule has 1 atom stereocenters. The highest BCUT2D eigenvalue weighted by Gasteiger charge is 2.16. The molecule has 2 heterocycles. The molecule has 0 spiro atoms. The zero-order valence-electron chi connectivity index (χ0n) is 14.0. The number of carbonyl (C=O) groups excluding carboxylic acids is 2. The first kappa shape index (κ1) is 17.1. The molecule has 3 rings (SSSR count). The molecular weight excluding hydrogens is 322 g/mol. The van der Waals surface area contributed by atoms with Crippen molar-refractivity contribution in [2.45, 2.75) is 25.3 Å². The van der Waals surface area contributed by atoms with Crippen molar-refractivity contribution in [3.8, 4) is 0 Å². The van der Waals surface area contributed by atoms with Crippen LogP contribution >= 0.6 is 0 Å². The van der Waals surface area contributed by atoms with Gasteiger partial charge in [-0.2, -0.15) is 4.98 Å². The number of amides is 2. The highest BCUT2D eigenvalue weighted by molar-refractivity contribution is 5.94. The third-order valence-corrected chi connectivity index (χ3v) is 4.24. The lowest BCUT2D eigenvalue weighted by Crippen LogP contribution is -2.28. The van der Waals surface area contributed by atoms with Crippen LogP contribution < -0.4 is 16.0 Å². The molecule has 1 saturated heterocycles. The fraction of sp³-hybridized carbons (Fsp3) is 0.412. The van der Waals surface area contributed by atoms with Crippen molar-refractivity contribution in [1.82, 2.24) is 26.1 Å². The molecular formula is C17H21N5O3. The van der Waals surface area contributed by atoms with Crippen LogP contribution in [0.25, 0.3) is 0 Å². The molecule has 0 saturated carbocycles. The largest absolute Gasteiger partial charge is 0.352 e. The van der Waals surface area contributed by atoms with E-state index in [1.807, 2.05) is 24.3 Å². The second-order valence-electron chi connectivity index (χ2n) is 5.94. The maximum atomic E-state index is 12.2. The average molecular weight is 343 g/mol. The number of aromatic nitrogens is 2. The van der Waals surface area contributed by atoms with Crippen molar-refractivity contribution in [3.05, 3.63) is 47.1 Å². The molecule has 1 aromatic carbocycles. The van der Waals surface area contributed by atoms with Crippen LogP contribution in [0.15, 0.2) is 28.8 Å². The smallest absolute Gasteiger partial charge is 0.292 e. The van der Waals surface area contributed by atoms with Gasteiger partial charge in [-0.05, 0) is 43.0 Å². The van der Waals surface area contributed by atoms with Crippen molar-refractivity contribution >= 4 is 11.8 Å². The Kier molecular flexibility index (Phi) is 5.39. The Balaban J connectivity index is 1.56. The fourth-order valence-corrected chi connectivity index (χ4v) is 2.83. The lowest BCUT2D eigenvalue weighted by atomic mass is 9.91. The van der Waals surface area contributed by atoms with Crippen LogP contribution in [0, 0.1) is 0 Å². The van der Waals surface area contributed by atoms with Gasteiger partial charge in [-0.3, -0.25) is 9.59 Å². The van der Waals surface area contributed by atoms with Gasteiger partial charge < -0.3 is 20.5 Å². The van der Waals surface area contributed by atoms with Crippen LogP contribution in [0.5, 0.6) is 0 Å². The summed E-state index contributed by atoms with van der Waals surface area (Å²) in [5.41, 5.74) is 1.81. The van der Waals surface area contributed by atoms with Crippen molar-refractivity contribution in [1.29, 1.82) is 0 Å². The summed E-state index contributed by atoms with van der Waals surface area (Å²) in [6.07, 6.45) is 2.35. The summed E-state index contributed by atoms with van der Waals surface area (Å²) >= 11 is 0. The molecule has 132 valence electrons. The molecule has 25 heavy (non-hydrogen) atoms. The first-order valence-electron chi connectivity index (χ1n) is 8.31. The number of nitrogens with one attached hydrogen (secondary N) is 3. The van der Waals surface area contributed by atoms with Crippen molar-refractivity contribution in [2.75, 3.05) is 20.1 Å². The summed E-state index contributed by atoms with van der Waals surface area (Å²) in [4.78, 5) is 27.5. The van der Waals surface area contributed by atoms with Gasteiger partial charge >= 0.3 is 0 Å². The molecule has 0 bridgehead atoms. The van der Waals surface area contributed by atoms with Crippen LogP contribution in [0.3, 0.4) is 0 Å². The number of piperidine rings is 1. The molecule has 3 N–H and O–H groups in total. The van der Waals surface area contributed by atoms with Gasteiger partial charge in [0.1, 0.15) is 0 Å². The number of rotatable bonds is 5. The average Bonchev–Trinajstić information content (AvgIpc) is 3.15. The van der Waals surface area contributed by atoms with Crippen LogP contribution in [-0.2, 0) is 6.54 Å². The number of hydrogen-bond acceptors (Lipinski definition) is 6. The third-order valence-electron chi connectivity index (χ3n) is 4.24. The molecule has 8 heteroatoms. The Labute approximate surface area is 145 Å². The van der Waals surface area contributed by atoms with E-state index in [9.17, 15) is 9.59 Å². The predicted octanol–water partition coefficient (Wildman–Crippen LogP) is 0.826. The van der Waals surface area contributed by atoms with E-state index in [2.05, 4.69) is 26.1 Å². The van der Waals surface area contributed by atoms with Crippen LogP contribution in [0.4, 0.5) is 0 Å².